The van der Waals surface area contributed by atoms with Gasteiger partial charge in [-0.25, -0.2) is 5.43 Å². The average molecular weight is 472 g/mol. The molecule has 0 fully saturated rings. The zero-order chi connectivity index (χ0) is 23.9. The number of amides is 1. The van der Waals surface area contributed by atoms with Gasteiger partial charge in [0.2, 0.25) is 0 Å². The van der Waals surface area contributed by atoms with Crippen LogP contribution in [0.2, 0.25) is 0 Å². The van der Waals surface area contributed by atoms with Crippen LogP contribution in [-0.2, 0) is 4.79 Å². The van der Waals surface area contributed by atoms with Crippen molar-refractivity contribution in [1.82, 2.24) is 15.6 Å². The largest absolute Gasteiger partial charge is 0.545 e. The first-order valence-electron chi connectivity index (χ1n) is 10.4. The van der Waals surface area contributed by atoms with Crippen molar-refractivity contribution in [2.75, 3.05) is 5.75 Å². The first-order chi connectivity index (χ1) is 16.5. The number of carboxylic acids is 1. The maximum absolute atomic E-state index is 12.4. The third-order valence-electron chi connectivity index (χ3n) is 4.92. The molecule has 3 aromatic carbocycles. The van der Waals surface area contributed by atoms with Crippen LogP contribution >= 0.6 is 11.8 Å². The Balaban J connectivity index is 1.49. The fourth-order valence-electron chi connectivity index (χ4n) is 3.25. The number of benzene rings is 3. The van der Waals surface area contributed by atoms with E-state index in [4.69, 9.17) is 0 Å². The number of aromatic carboxylic acids is 1. The van der Waals surface area contributed by atoms with Gasteiger partial charge in [0.25, 0.3) is 11.7 Å². The minimum Gasteiger partial charge on any atom is -0.545 e. The number of aromatic amines is 1. The van der Waals surface area contributed by atoms with Crippen LogP contribution in [0.3, 0.4) is 0 Å². The Morgan fingerprint density at radius 3 is 2.50 bits per heavy atom. The Kier molecular flexibility index (Phi) is 7.14. The quantitative estimate of drug-likeness (QED) is 0.177. The van der Waals surface area contributed by atoms with Gasteiger partial charge in [0.15, 0.2) is 0 Å². The van der Waals surface area contributed by atoms with E-state index in [9.17, 15) is 14.7 Å². The van der Waals surface area contributed by atoms with Crippen LogP contribution in [0, 0.1) is 6.92 Å². The molecule has 0 aliphatic rings. The lowest BCUT2D eigenvalue weighted by atomic mass is 10.1. The maximum atomic E-state index is 12.4. The molecule has 9 heteroatoms. The summed E-state index contributed by atoms with van der Waals surface area (Å²) in [5, 5.41) is 23.2. The van der Waals surface area contributed by atoms with E-state index in [1.54, 1.807) is 18.2 Å². The van der Waals surface area contributed by atoms with Crippen molar-refractivity contribution in [2.45, 2.75) is 12.1 Å². The van der Waals surface area contributed by atoms with Crippen molar-refractivity contribution in [2.24, 2.45) is 5.10 Å². The molecule has 0 saturated heterocycles. The number of carbonyl (C=O) groups is 2. The molecule has 1 heterocycles. The van der Waals surface area contributed by atoms with Crippen LogP contribution in [0.4, 0.5) is 0 Å². The number of para-hydroxylation sites is 1. The van der Waals surface area contributed by atoms with Gasteiger partial charge in [-0.3, -0.25) is 4.79 Å². The predicted octanol–water partition coefficient (Wildman–Crippen LogP) is 2.27. The molecular formula is C25H21N5O3S. The number of thioether (sulfide) groups is 1. The summed E-state index contributed by atoms with van der Waals surface area (Å²) in [6.45, 7) is 2.03. The number of aromatic nitrogens is 3. The third-order valence-corrected chi connectivity index (χ3v) is 5.86. The summed E-state index contributed by atoms with van der Waals surface area (Å²) in [5.41, 5.74) is 5.79. The predicted molar refractivity (Wildman–Crippen MR) is 128 cm³/mol. The van der Waals surface area contributed by atoms with Gasteiger partial charge in [-0.1, -0.05) is 60.2 Å². The number of hydrazone groups is 1. The number of hydrogen-bond acceptors (Lipinski definition) is 6. The molecule has 0 spiro atoms. The molecule has 1 amide bonds. The summed E-state index contributed by atoms with van der Waals surface area (Å²) in [6, 6.07) is 24.1. The molecule has 0 bridgehead atoms. The molecule has 0 radical (unpaired) electrons. The topological polar surface area (TPSA) is 114 Å². The Labute approximate surface area is 200 Å². The second-order valence-corrected chi connectivity index (χ2v) is 8.29. The van der Waals surface area contributed by atoms with Crippen molar-refractivity contribution in [3.63, 3.8) is 0 Å². The Bertz CT molecular complexity index is 1330. The molecule has 0 unspecified atom stereocenters. The lowest BCUT2D eigenvalue weighted by molar-refractivity contribution is -0.625. The van der Waals surface area contributed by atoms with Crippen molar-refractivity contribution >= 4 is 29.9 Å². The highest BCUT2D eigenvalue weighted by Gasteiger charge is 2.24. The van der Waals surface area contributed by atoms with E-state index >= 15 is 0 Å². The van der Waals surface area contributed by atoms with E-state index in [1.807, 2.05) is 66.1 Å². The number of carbonyl (C=O) groups excluding carboxylic acids is 2. The van der Waals surface area contributed by atoms with E-state index < -0.39 is 5.97 Å². The van der Waals surface area contributed by atoms with Crippen LogP contribution < -0.4 is 15.1 Å². The molecule has 34 heavy (non-hydrogen) atoms. The Morgan fingerprint density at radius 1 is 1.06 bits per heavy atom. The highest BCUT2D eigenvalue weighted by atomic mass is 32.2. The number of nitrogens with one attached hydrogen (secondary N) is 2. The number of aryl methyl sites for hydroxylation is 1. The van der Waals surface area contributed by atoms with Gasteiger partial charge in [0.1, 0.15) is 5.69 Å². The lowest BCUT2D eigenvalue weighted by Crippen LogP contribution is -2.34. The summed E-state index contributed by atoms with van der Waals surface area (Å²) >= 11 is 1.25. The van der Waals surface area contributed by atoms with E-state index in [0.29, 0.717) is 10.7 Å². The summed E-state index contributed by atoms with van der Waals surface area (Å²) < 4.78 is 1.96. The normalized spacial score (nSPS) is 11.0. The van der Waals surface area contributed by atoms with Crippen LogP contribution in [0.1, 0.15) is 21.5 Å². The van der Waals surface area contributed by atoms with Crippen molar-refractivity contribution in [1.29, 1.82) is 0 Å². The Hall–Kier alpha value is -4.24. The van der Waals surface area contributed by atoms with E-state index in [1.165, 1.54) is 24.0 Å². The van der Waals surface area contributed by atoms with Crippen molar-refractivity contribution < 1.29 is 19.3 Å². The smallest absolute Gasteiger partial charge is 0.342 e. The fourth-order valence-corrected chi connectivity index (χ4v) is 4.01. The van der Waals surface area contributed by atoms with Crippen molar-refractivity contribution in [3.05, 3.63) is 95.6 Å². The van der Waals surface area contributed by atoms with E-state index in [0.717, 1.165) is 22.6 Å². The fraction of sp³-hybridized carbons (Fsp3) is 0.0800. The Morgan fingerprint density at radius 2 is 1.76 bits per heavy atom. The first kappa shape index (κ1) is 22.9. The molecule has 0 saturated carbocycles. The molecule has 0 aliphatic carbocycles. The number of carboxylic acid groups (broad SMARTS) is 1. The van der Waals surface area contributed by atoms with Crippen LogP contribution in [0.25, 0.3) is 17.1 Å². The van der Waals surface area contributed by atoms with E-state index in [-0.39, 0.29) is 17.2 Å². The molecule has 1 aromatic heterocycles. The lowest BCUT2D eigenvalue weighted by Gasteiger charge is -2.06. The minimum atomic E-state index is -1.31. The van der Waals surface area contributed by atoms with Gasteiger partial charge in [-0.15, -0.1) is 5.10 Å². The zero-order valence-electron chi connectivity index (χ0n) is 18.3. The summed E-state index contributed by atoms with van der Waals surface area (Å²) in [7, 11) is 0. The SMILES string of the molecule is Cc1ccc(-c2[nH]nc(SCC(=O)NN=Cc3ccccc3C(=O)[O-])[n+]2-c2ccccc2)cc1. The van der Waals surface area contributed by atoms with Gasteiger partial charge in [0, 0.05) is 11.1 Å². The minimum absolute atomic E-state index is 0.000986. The number of rotatable bonds is 8. The molecule has 8 nitrogen and oxygen atoms in total. The molecule has 0 aliphatic heterocycles. The molecule has 0 atom stereocenters. The zero-order valence-corrected chi connectivity index (χ0v) is 19.1. The number of hydrogen-bond donors (Lipinski definition) is 2. The molecule has 4 rings (SSSR count). The molecular weight excluding hydrogens is 450 g/mol. The van der Waals surface area contributed by atoms with Crippen LogP contribution in [0.15, 0.2) is 89.1 Å². The van der Waals surface area contributed by atoms with Crippen molar-refractivity contribution in [3.8, 4) is 17.1 Å². The number of H-pyrrole nitrogens is 1. The standard InChI is InChI=1S/C25H21N5O3S/c1-17-11-13-18(14-12-17)23-28-29-25(30(23)20-8-3-2-4-9-20)34-16-22(31)27-26-15-19-7-5-6-10-21(19)24(32)33/h2-15H,16H2,1H3,(H2,27,31,32,33). The molecule has 2 N–H and O–H groups in total. The third kappa shape index (κ3) is 5.38. The van der Waals surface area contributed by atoms with Gasteiger partial charge >= 0.3 is 5.16 Å². The molecule has 170 valence electrons. The average Bonchev–Trinajstić information content (AvgIpc) is 3.28. The van der Waals surface area contributed by atoms with Gasteiger partial charge in [-0.05, 0) is 43.0 Å². The van der Waals surface area contributed by atoms with Gasteiger partial charge in [0.05, 0.1) is 28.6 Å². The monoisotopic (exact) mass is 471 g/mol. The van der Waals surface area contributed by atoms with Gasteiger partial charge < -0.3 is 9.90 Å². The second kappa shape index (κ2) is 10.6. The van der Waals surface area contributed by atoms with Crippen LogP contribution in [-0.4, -0.2) is 34.0 Å². The highest BCUT2D eigenvalue weighted by molar-refractivity contribution is 7.99. The first-order valence-corrected chi connectivity index (χ1v) is 11.4. The summed E-state index contributed by atoms with van der Waals surface area (Å²) in [5.74, 6) is -0.806. The summed E-state index contributed by atoms with van der Waals surface area (Å²) in [6.07, 6.45) is 1.28. The van der Waals surface area contributed by atoms with E-state index in [2.05, 4.69) is 20.7 Å². The maximum Gasteiger partial charge on any atom is 0.342 e. The molecule has 4 aromatic rings. The van der Waals surface area contributed by atoms with Crippen LogP contribution in [0.5, 0.6) is 0 Å². The highest BCUT2D eigenvalue weighted by Crippen LogP contribution is 2.20. The second-order valence-electron chi connectivity index (χ2n) is 7.35. The number of nitrogens with zero attached hydrogens (tertiary/aromatic N) is 3. The van der Waals surface area contributed by atoms with Gasteiger partial charge in [-0.2, -0.15) is 9.67 Å². The summed E-state index contributed by atoms with van der Waals surface area (Å²) in [4.78, 5) is 23.5.